The summed E-state index contributed by atoms with van der Waals surface area (Å²) in [5, 5.41) is 6.87. The Hall–Kier alpha value is -2.56. The Morgan fingerprint density at radius 2 is 2.00 bits per heavy atom. The van der Waals surface area contributed by atoms with Crippen molar-refractivity contribution in [3.8, 4) is 10.7 Å². The summed E-state index contributed by atoms with van der Waals surface area (Å²) < 4.78 is 33.3. The van der Waals surface area contributed by atoms with Crippen molar-refractivity contribution in [2.75, 3.05) is 18.4 Å². The molecule has 1 aliphatic rings. The molecule has 1 aromatic carbocycles. The van der Waals surface area contributed by atoms with Gasteiger partial charge in [0.25, 0.3) is 0 Å². The number of thiophene rings is 1. The van der Waals surface area contributed by atoms with E-state index in [4.69, 9.17) is 4.52 Å². The molecule has 0 spiro atoms. The molecular formula is C22H26N4O4S2. The Labute approximate surface area is 191 Å². The SMILES string of the molecule is Cc1ccc(C)c(NC(=O)C2CCCN(S(=O)(=O)c3cc(-c4noc(C)n4)sc3C)C2)c1. The average molecular weight is 475 g/mol. The van der Waals surface area contributed by atoms with E-state index in [0.717, 1.165) is 16.8 Å². The first-order valence-corrected chi connectivity index (χ1v) is 12.7. The number of amides is 1. The van der Waals surface area contributed by atoms with Crippen LogP contribution in [-0.2, 0) is 14.8 Å². The van der Waals surface area contributed by atoms with E-state index in [-0.39, 0.29) is 17.3 Å². The van der Waals surface area contributed by atoms with Gasteiger partial charge in [0.05, 0.1) is 15.7 Å². The molecule has 3 aromatic rings. The quantitative estimate of drug-likeness (QED) is 0.598. The van der Waals surface area contributed by atoms with Crippen molar-refractivity contribution in [2.24, 2.45) is 5.92 Å². The highest BCUT2D eigenvalue weighted by atomic mass is 32.2. The summed E-state index contributed by atoms with van der Waals surface area (Å²) in [4.78, 5) is 18.7. The van der Waals surface area contributed by atoms with E-state index in [2.05, 4.69) is 15.5 Å². The van der Waals surface area contributed by atoms with E-state index in [1.165, 1.54) is 15.6 Å². The number of carbonyl (C=O) groups excluding carboxylic acids is 1. The molecule has 1 atom stereocenters. The van der Waals surface area contributed by atoms with Crippen molar-refractivity contribution < 1.29 is 17.7 Å². The van der Waals surface area contributed by atoms with Crippen LogP contribution in [0, 0.1) is 33.6 Å². The van der Waals surface area contributed by atoms with Crippen LogP contribution in [0.15, 0.2) is 33.7 Å². The van der Waals surface area contributed by atoms with Gasteiger partial charge in [0.1, 0.15) is 0 Å². The average Bonchev–Trinajstić information content (AvgIpc) is 3.36. The summed E-state index contributed by atoms with van der Waals surface area (Å²) in [5.41, 5.74) is 2.80. The third kappa shape index (κ3) is 4.48. The van der Waals surface area contributed by atoms with Crippen LogP contribution in [0.3, 0.4) is 0 Å². The number of benzene rings is 1. The van der Waals surface area contributed by atoms with Crippen molar-refractivity contribution in [1.82, 2.24) is 14.4 Å². The fourth-order valence-corrected chi connectivity index (χ4v) is 6.86. The maximum Gasteiger partial charge on any atom is 0.244 e. The molecule has 8 nitrogen and oxygen atoms in total. The largest absolute Gasteiger partial charge is 0.339 e. The standard InChI is InChI=1S/C22H26N4O4S2/c1-13-7-8-14(2)18(10-13)24-22(27)17-6-5-9-26(12-17)32(28,29)20-11-19(31-15(20)3)21-23-16(4)30-25-21/h7-8,10-11,17H,5-6,9,12H2,1-4H3,(H,24,27). The molecule has 10 heteroatoms. The number of hydrogen-bond acceptors (Lipinski definition) is 7. The second-order valence-corrected chi connectivity index (χ2v) is 11.3. The molecule has 0 bridgehead atoms. The van der Waals surface area contributed by atoms with E-state index in [0.29, 0.717) is 40.9 Å². The highest BCUT2D eigenvalue weighted by Gasteiger charge is 2.35. The van der Waals surface area contributed by atoms with Gasteiger partial charge in [0.15, 0.2) is 0 Å². The topological polar surface area (TPSA) is 105 Å². The number of anilines is 1. The van der Waals surface area contributed by atoms with Gasteiger partial charge < -0.3 is 9.84 Å². The predicted molar refractivity (Wildman–Crippen MR) is 123 cm³/mol. The van der Waals surface area contributed by atoms with Crippen LogP contribution in [0.1, 0.15) is 34.7 Å². The van der Waals surface area contributed by atoms with Crippen LogP contribution >= 0.6 is 11.3 Å². The molecule has 2 aromatic heterocycles. The normalized spacial score (nSPS) is 17.4. The van der Waals surface area contributed by atoms with E-state index in [1.54, 1.807) is 19.9 Å². The molecule has 0 saturated carbocycles. The second kappa shape index (κ2) is 8.76. The molecular weight excluding hydrogens is 448 g/mol. The first kappa shape index (κ1) is 22.6. The van der Waals surface area contributed by atoms with Crippen molar-refractivity contribution >= 4 is 33.0 Å². The van der Waals surface area contributed by atoms with Gasteiger partial charge in [-0.1, -0.05) is 17.3 Å². The summed E-state index contributed by atoms with van der Waals surface area (Å²) in [6.45, 7) is 7.91. The second-order valence-electron chi connectivity index (χ2n) is 8.18. The minimum absolute atomic E-state index is 0.149. The minimum atomic E-state index is -3.75. The van der Waals surface area contributed by atoms with Gasteiger partial charge in [0.2, 0.25) is 27.6 Å². The van der Waals surface area contributed by atoms with E-state index in [1.807, 2.05) is 32.0 Å². The van der Waals surface area contributed by atoms with Crippen molar-refractivity contribution in [1.29, 1.82) is 0 Å². The predicted octanol–water partition coefficient (Wildman–Crippen LogP) is 4.07. The zero-order valence-corrected chi connectivity index (χ0v) is 20.1. The smallest absolute Gasteiger partial charge is 0.244 e. The number of carbonyl (C=O) groups is 1. The van der Waals surface area contributed by atoms with Gasteiger partial charge in [-0.15, -0.1) is 11.3 Å². The van der Waals surface area contributed by atoms with Crippen LogP contribution in [0.5, 0.6) is 0 Å². The van der Waals surface area contributed by atoms with Gasteiger partial charge in [-0.25, -0.2) is 8.42 Å². The number of aromatic nitrogens is 2. The third-order valence-electron chi connectivity index (χ3n) is 5.64. The summed E-state index contributed by atoms with van der Waals surface area (Å²) in [5.74, 6) is 0.242. The van der Waals surface area contributed by atoms with Crippen molar-refractivity contribution in [3.05, 3.63) is 46.2 Å². The first-order chi connectivity index (χ1) is 15.1. The maximum atomic E-state index is 13.4. The highest BCUT2D eigenvalue weighted by Crippen LogP contribution is 2.35. The number of nitrogens with zero attached hydrogens (tertiary/aromatic N) is 3. The molecule has 0 aliphatic carbocycles. The Morgan fingerprint density at radius 3 is 2.72 bits per heavy atom. The zero-order valence-electron chi connectivity index (χ0n) is 18.5. The van der Waals surface area contributed by atoms with Crippen LogP contribution in [-0.4, -0.2) is 41.9 Å². The fourth-order valence-electron chi connectivity index (χ4n) is 3.85. The number of nitrogens with one attached hydrogen (secondary N) is 1. The molecule has 3 heterocycles. The summed E-state index contributed by atoms with van der Waals surface area (Å²) in [6, 6.07) is 7.48. The number of rotatable bonds is 5. The van der Waals surface area contributed by atoms with Gasteiger partial charge in [-0.05, 0) is 56.9 Å². The highest BCUT2D eigenvalue weighted by molar-refractivity contribution is 7.89. The lowest BCUT2D eigenvalue weighted by molar-refractivity contribution is -0.120. The molecule has 1 saturated heterocycles. The summed E-state index contributed by atoms with van der Waals surface area (Å²) in [6.07, 6.45) is 1.28. The van der Waals surface area contributed by atoms with E-state index in [9.17, 15) is 13.2 Å². The fraction of sp³-hybridized carbons (Fsp3) is 0.409. The summed E-state index contributed by atoms with van der Waals surface area (Å²) >= 11 is 1.31. The number of aryl methyl sites for hydroxylation is 4. The van der Waals surface area contributed by atoms with Gasteiger partial charge in [0, 0.05) is 30.6 Å². The van der Waals surface area contributed by atoms with Crippen LogP contribution in [0.4, 0.5) is 5.69 Å². The van der Waals surface area contributed by atoms with Crippen LogP contribution in [0.25, 0.3) is 10.7 Å². The zero-order chi connectivity index (χ0) is 23.0. The first-order valence-electron chi connectivity index (χ1n) is 10.4. The molecule has 1 amide bonds. The monoisotopic (exact) mass is 474 g/mol. The van der Waals surface area contributed by atoms with Gasteiger partial charge in [-0.2, -0.15) is 9.29 Å². The lowest BCUT2D eigenvalue weighted by atomic mass is 9.98. The molecule has 1 fully saturated rings. The minimum Gasteiger partial charge on any atom is -0.339 e. The Kier molecular flexibility index (Phi) is 6.19. The lowest BCUT2D eigenvalue weighted by Gasteiger charge is -2.31. The molecule has 1 aliphatic heterocycles. The van der Waals surface area contributed by atoms with E-state index >= 15 is 0 Å². The van der Waals surface area contributed by atoms with Crippen LogP contribution < -0.4 is 5.32 Å². The number of sulfonamides is 1. The molecule has 1 N–H and O–H groups in total. The molecule has 0 radical (unpaired) electrons. The number of hydrogen-bond donors (Lipinski definition) is 1. The van der Waals surface area contributed by atoms with Gasteiger partial charge >= 0.3 is 0 Å². The molecule has 32 heavy (non-hydrogen) atoms. The third-order valence-corrected chi connectivity index (χ3v) is 8.81. The van der Waals surface area contributed by atoms with E-state index < -0.39 is 15.9 Å². The van der Waals surface area contributed by atoms with Crippen molar-refractivity contribution in [3.63, 3.8) is 0 Å². The lowest BCUT2D eigenvalue weighted by Crippen LogP contribution is -2.43. The van der Waals surface area contributed by atoms with Crippen molar-refractivity contribution in [2.45, 2.75) is 45.4 Å². The Balaban J connectivity index is 1.53. The molecule has 4 rings (SSSR count). The molecule has 1 unspecified atom stereocenters. The summed E-state index contributed by atoms with van der Waals surface area (Å²) in [7, 11) is -3.75. The van der Waals surface area contributed by atoms with Crippen LogP contribution in [0.2, 0.25) is 0 Å². The molecule has 170 valence electrons. The van der Waals surface area contributed by atoms with Gasteiger partial charge in [-0.3, -0.25) is 4.79 Å². The number of piperidine rings is 1. The Morgan fingerprint density at radius 1 is 1.22 bits per heavy atom. The maximum absolute atomic E-state index is 13.4. The Bertz CT molecular complexity index is 1260.